The summed E-state index contributed by atoms with van der Waals surface area (Å²) in [6, 6.07) is 5.15. The van der Waals surface area contributed by atoms with E-state index in [-0.39, 0.29) is 24.0 Å². The molecule has 1 fully saturated rings. The van der Waals surface area contributed by atoms with E-state index in [9.17, 15) is 15.2 Å². The first-order chi connectivity index (χ1) is 13.6. The van der Waals surface area contributed by atoms with Gasteiger partial charge in [-0.2, -0.15) is 5.26 Å². The molecule has 0 aliphatic carbocycles. The second kappa shape index (κ2) is 9.73. The van der Waals surface area contributed by atoms with Crippen molar-refractivity contribution in [3.05, 3.63) is 23.3 Å². The van der Waals surface area contributed by atoms with Crippen LogP contribution in [0.4, 0.5) is 0 Å². The Kier molecular flexibility index (Phi) is 7.09. The zero-order chi connectivity index (χ0) is 19.9. The van der Waals surface area contributed by atoms with Crippen LogP contribution >= 0.6 is 0 Å². The number of β-amino-alcohol motifs (C(OH)–C–C–N with tert-alkyl or cyclic N) is 1. The van der Waals surface area contributed by atoms with E-state index in [1.54, 1.807) is 6.07 Å². The van der Waals surface area contributed by atoms with E-state index in [1.807, 2.05) is 6.07 Å². The third-order valence-corrected chi connectivity index (χ3v) is 5.18. The molecule has 3 rings (SSSR count). The quantitative estimate of drug-likeness (QED) is 0.649. The molecule has 0 saturated carbocycles. The number of rotatable bonds is 6. The van der Waals surface area contributed by atoms with Gasteiger partial charge in [0.2, 0.25) is 0 Å². The molecule has 1 saturated heterocycles. The van der Waals surface area contributed by atoms with Crippen LogP contribution < -0.4 is 14.8 Å². The highest BCUT2D eigenvalue weighted by Crippen LogP contribution is 2.34. The molecule has 1 amide bonds. The Balaban J connectivity index is 1.63. The molecule has 2 atom stereocenters. The van der Waals surface area contributed by atoms with Gasteiger partial charge in [0, 0.05) is 44.6 Å². The average molecular weight is 389 g/mol. The fourth-order valence-corrected chi connectivity index (χ4v) is 3.61. The van der Waals surface area contributed by atoms with Gasteiger partial charge in [-0.05, 0) is 25.5 Å². The van der Waals surface area contributed by atoms with Gasteiger partial charge in [-0.1, -0.05) is 0 Å². The average Bonchev–Trinajstić information content (AvgIpc) is 2.95. The van der Waals surface area contributed by atoms with Crippen molar-refractivity contribution < 1.29 is 24.5 Å². The second-order valence-electron chi connectivity index (χ2n) is 7.22. The number of likely N-dealkylation sites (tertiary alicyclic amines) is 1. The number of hydrogen-bond acceptors (Lipinski definition) is 7. The summed E-state index contributed by atoms with van der Waals surface area (Å²) in [6.07, 6.45) is 1.63. The lowest BCUT2D eigenvalue weighted by molar-refractivity contribution is 0.0201. The largest absolute Gasteiger partial charge is 0.489 e. The molecule has 3 N–H and O–H groups in total. The molecule has 0 radical (unpaired) electrons. The van der Waals surface area contributed by atoms with Crippen LogP contribution in [0.1, 0.15) is 35.2 Å². The fourth-order valence-electron chi connectivity index (χ4n) is 3.61. The number of carbonyl (C=O) groups excluding carboxylic acids is 1. The fraction of sp³-hybridized carbons (Fsp3) is 0.600. The number of carbonyl (C=O) groups is 1. The zero-order valence-electron chi connectivity index (χ0n) is 15.9. The molecule has 1 aromatic carbocycles. The lowest BCUT2D eigenvalue weighted by Gasteiger charge is -2.36. The lowest BCUT2D eigenvalue weighted by Crippen LogP contribution is -2.48. The minimum absolute atomic E-state index is 0.0377. The summed E-state index contributed by atoms with van der Waals surface area (Å²) >= 11 is 0. The summed E-state index contributed by atoms with van der Waals surface area (Å²) < 4.78 is 11.3. The molecule has 2 aliphatic rings. The van der Waals surface area contributed by atoms with Crippen molar-refractivity contribution in [3.63, 3.8) is 0 Å². The zero-order valence-corrected chi connectivity index (χ0v) is 15.9. The van der Waals surface area contributed by atoms with Crippen molar-refractivity contribution in [2.45, 2.75) is 25.4 Å². The predicted molar refractivity (Wildman–Crippen MR) is 101 cm³/mol. The molecular weight excluding hydrogens is 362 g/mol. The SMILES string of the molecule is N#Cc1cc2c(c(C(=O)NCC3CCN(CCCO)CC3O)c1)OCCCO2. The van der Waals surface area contributed by atoms with E-state index in [4.69, 9.17) is 14.6 Å². The molecule has 152 valence electrons. The van der Waals surface area contributed by atoms with E-state index >= 15 is 0 Å². The summed E-state index contributed by atoms with van der Waals surface area (Å²) in [4.78, 5) is 14.9. The summed E-state index contributed by atoms with van der Waals surface area (Å²) in [6.45, 7) is 3.54. The first kappa shape index (κ1) is 20.4. The van der Waals surface area contributed by atoms with E-state index in [1.165, 1.54) is 6.07 Å². The molecule has 2 heterocycles. The van der Waals surface area contributed by atoms with Crippen LogP contribution in [0.5, 0.6) is 11.5 Å². The molecule has 2 unspecified atom stereocenters. The Morgan fingerprint density at radius 2 is 2.18 bits per heavy atom. The third-order valence-electron chi connectivity index (χ3n) is 5.18. The first-order valence-electron chi connectivity index (χ1n) is 9.75. The van der Waals surface area contributed by atoms with Gasteiger partial charge in [-0.3, -0.25) is 4.79 Å². The number of hydrogen-bond donors (Lipinski definition) is 3. The minimum Gasteiger partial charge on any atom is -0.489 e. The van der Waals surface area contributed by atoms with Crippen molar-refractivity contribution in [1.82, 2.24) is 10.2 Å². The number of benzene rings is 1. The van der Waals surface area contributed by atoms with Crippen LogP contribution in [0, 0.1) is 17.2 Å². The normalized spacial score (nSPS) is 22.2. The minimum atomic E-state index is -0.533. The highest BCUT2D eigenvalue weighted by Gasteiger charge is 2.28. The maximum Gasteiger partial charge on any atom is 0.255 e. The van der Waals surface area contributed by atoms with Crippen LogP contribution in [-0.4, -0.2) is 73.1 Å². The van der Waals surface area contributed by atoms with Gasteiger partial charge >= 0.3 is 0 Å². The maximum absolute atomic E-state index is 12.8. The van der Waals surface area contributed by atoms with Gasteiger partial charge in [-0.25, -0.2) is 0 Å². The van der Waals surface area contributed by atoms with Crippen LogP contribution in [0.15, 0.2) is 12.1 Å². The number of nitriles is 1. The molecule has 0 aromatic heterocycles. The van der Waals surface area contributed by atoms with Crippen LogP contribution in [-0.2, 0) is 0 Å². The smallest absolute Gasteiger partial charge is 0.255 e. The number of aliphatic hydroxyl groups is 2. The number of fused-ring (bicyclic) bond motifs is 1. The molecule has 28 heavy (non-hydrogen) atoms. The van der Waals surface area contributed by atoms with Crippen molar-refractivity contribution in [2.75, 3.05) is 46.0 Å². The van der Waals surface area contributed by atoms with Gasteiger partial charge in [0.1, 0.15) is 0 Å². The van der Waals surface area contributed by atoms with Gasteiger partial charge in [0.15, 0.2) is 11.5 Å². The molecule has 0 spiro atoms. The van der Waals surface area contributed by atoms with Gasteiger partial charge in [0.05, 0.1) is 36.5 Å². The summed E-state index contributed by atoms with van der Waals surface area (Å²) in [5, 5.41) is 31.4. The predicted octanol–water partition coefficient (Wildman–Crippen LogP) is 0.515. The number of ether oxygens (including phenoxy) is 2. The first-order valence-corrected chi connectivity index (χ1v) is 9.75. The Bertz CT molecular complexity index is 733. The molecular formula is C20H27N3O5. The van der Waals surface area contributed by atoms with E-state index in [2.05, 4.69) is 10.2 Å². The van der Waals surface area contributed by atoms with Crippen LogP contribution in [0.3, 0.4) is 0 Å². The number of nitrogens with one attached hydrogen (secondary N) is 1. The van der Waals surface area contributed by atoms with Crippen molar-refractivity contribution in [2.24, 2.45) is 5.92 Å². The maximum atomic E-state index is 12.8. The lowest BCUT2D eigenvalue weighted by atomic mass is 9.93. The Labute approximate surface area is 164 Å². The third kappa shape index (κ3) is 4.93. The molecule has 0 bridgehead atoms. The van der Waals surface area contributed by atoms with Gasteiger partial charge < -0.3 is 29.9 Å². The summed E-state index contributed by atoms with van der Waals surface area (Å²) in [5.41, 5.74) is 0.623. The number of amides is 1. The summed E-state index contributed by atoms with van der Waals surface area (Å²) in [7, 11) is 0. The molecule has 1 aromatic rings. The molecule has 2 aliphatic heterocycles. The highest BCUT2D eigenvalue weighted by atomic mass is 16.5. The number of nitrogens with zero attached hydrogens (tertiary/aromatic N) is 2. The van der Waals surface area contributed by atoms with Crippen molar-refractivity contribution in [3.8, 4) is 17.6 Å². The highest BCUT2D eigenvalue weighted by molar-refractivity contribution is 5.98. The topological polar surface area (TPSA) is 115 Å². The van der Waals surface area contributed by atoms with E-state index in [0.717, 1.165) is 19.5 Å². The Morgan fingerprint density at radius 3 is 2.93 bits per heavy atom. The van der Waals surface area contributed by atoms with E-state index < -0.39 is 6.10 Å². The van der Waals surface area contributed by atoms with Crippen molar-refractivity contribution in [1.29, 1.82) is 5.26 Å². The summed E-state index contributed by atoms with van der Waals surface area (Å²) in [5.74, 6) is 0.408. The number of piperidine rings is 1. The molecule has 8 heteroatoms. The standard InChI is InChI=1S/C20H27N3O5/c21-11-14-9-16(19-18(10-14)27-7-2-8-28-19)20(26)22-12-15-3-5-23(4-1-6-24)13-17(15)25/h9-10,15,17,24-25H,1-8,12-13H2,(H,22,26). The Morgan fingerprint density at radius 1 is 1.36 bits per heavy atom. The van der Waals surface area contributed by atoms with E-state index in [0.29, 0.717) is 56.2 Å². The monoisotopic (exact) mass is 389 g/mol. The second-order valence-corrected chi connectivity index (χ2v) is 7.22. The van der Waals surface area contributed by atoms with Crippen molar-refractivity contribution >= 4 is 5.91 Å². The molecule has 8 nitrogen and oxygen atoms in total. The van der Waals surface area contributed by atoms with Crippen LogP contribution in [0.25, 0.3) is 0 Å². The number of aliphatic hydroxyl groups excluding tert-OH is 2. The van der Waals surface area contributed by atoms with Crippen LogP contribution in [0.2, 0.25) is 0 Å². The van der Waals surface area contributed by atoms with Gasteiger partial charge in [0.25, 0.3) is 5.91 Å². The Hall–Kier alpha value is -2.34. The van der Waals surface area contributed by atoms with Gasteiger partial charge in [-0.15, -0.1) is 0 Å².